The number of rotatable bonds is 5. The Morgan fingerprint density at radius 3 is 2.32 bits per heavy atom. The summed E-state index contributed by atoms with van der Waals surface area (Å²) in [5.74, 6) is 0.560. The number of piperazine rings is 1. The minimum atomic E-state index is -0.747. The first kappa shape index (κ1) is 22.4. The van der Waals surface area contributed by atoms with E-state index in [0.717, 1.165) is 31.7 Å². The Bertz CT molecular complexity index is 1360. The van der Waals surface area contributed by atoms with Crippen LogP contribution >= 0.6 is 0 Å². The predicted octanol–water partition coefficient (Wildman–Crippen LogP) is 4.93. The molecular formula is C29H30N2O3. The third-order valence-corrected chi connectivity index (χ3v) is 6.83. The Morgan fingerprint density at radius 2 is 1.59 bits per heavy atom. The van der Waals surface area contributed by atoms with E-state index in [2.05, 4.69) is 41.0 Å². The van der Waals surface area contributed by atoms with Crippen molar-refractivity contribution in [3.63, 3.8) is 0 Å². The number of aryl methyl sites for hydroxylation is 1. The van der Waals surface area contributed by atoms with Crippen LogP contribution in [-0.2, 0) is 0 Å². The molecule has 34 heavy (non-hydrogen) atoms. The minimum Gasteiger partial charge on any atom is -0.455 e. The summed E-state index contributed by atoms with van der Waals surface area (Å²) in [5.41, 5.74) is 5.08. The zero-order valence-corrected chi connectivity index (χ0v) is 19.7. The van der Waals surface area contributed by atoms with Gasteiger partial charge in [0.2, 0.25) is 0 Å². The van der Waals surface area contributed by atoms with Crippen LogP contribution in [0.3, 0.4) is 0 Å². The van der Waals surface area contributed by atoms with Gasteiger partial charge in [-0.2, -0.15) is 0 Å². The van der Waals surface area contributed by atoms with Crippen molar-refractivity contribution in [2.24, 2.45) is 0 Å². The molecule has 0 spiro atoms. The summed E-state index contributed by atoms with van der Waals surface area (Å²) in [6.45, 7) is 8.01. The topological polar surface area (TPSA) is 56.9 Å². The molecule has 3 aromatic carbocycles. The number of β-amino-alcohol motifs (C(OH)–C–C–N with tert-alkyl or cyclic N) is 1. The van der Waals surface area contributed by atoms with E-state index >= 15 is 0 Å². The van der Waals surface area contributed by atoms with Crippen LogP contribution in [-0.4, -0.2) is 42.7 Å². The lowest BCUT2D eigenvalue weighted by Crippen LogP contribution is -2.47. The van der Waals surface area contributed by atoms with Gasteiger partial charge in [0, 0.05) is 55.1 Å². The highest BCUT2D eigenvalue weighted by Crippen LogP contribution is 2.30. The maximum atomic E-state index is 13.1. The van der Waals surface area contributed by atoms with E-state index < -0.39 is 6.10 Å². The average Bonchev–Trinajstić information content (AvgIpc) is 2.87. The largest absolute Gasteiger partial charge is 0.455 e. The lowest BCUT2D eigenvalue weighted by molar-refractivity contribution is 0.110. The molecule has 5 heteroatoms. The first-order valence-corrected chi connectivity index (χ1v) is 11.9. The van der Waals surface area contributed by atoms with Crippen molar-refractivity contribution in [1.82, 2.24) is 4.90 Å². The molecular weight excluding hydrogens is 424 g/mol. The molecule has 1 atom stereocenters. The monoisotopic (exact) mass is 454 g/mol. The number of para-hydroxylation sites is 2. The molecule has 1 fully saturated rings. The van der Waals surface area contributed by atoms with E-state index in [4.69, 9.17) is 4.42 Å². The zero-order chi connectivity index (χ0) is 23.7. The molecule has 4 aromatic rings. The number of nitrogens with zero attached hydrogens (tertiary/aromatic N) is 2. The van der Waals surface area contributed by atoms with Crippen molar-refractivity contribution in [3.8, 4) is 11.3 Å². The van der Waals surface area contributed by atoms with Crippen LogP contribution in [0.2, 0.25) is 0 Å². The maximum Gasteiger partial charge on any atom is 0.196 e. The quantitative estimate of drug-likeness (QED) is 0.463. The van der Waals surface area contributed by atoms with Crippen molar-refractivity contribution in [3.05, 3.63) is 99.7 Å². The summed E-state index contributed by atoms with van der Waals surface area (Å²) in [6.07, 6.45) is -0.747. The normalized spacial score (nSPS) is 15.6. The van der Waals surface area contributed by atoms with E-state index in [-0.39, 0.29) is 5.43 Å². The highest BCUT2D eigenvalue weighted by Gasteiger charge is 2.23. The van der Waals surface area contributed by atoms with Crippen LogP contribution in [0.4, 0.5) is 5.69 Å². The SMILES string of the molecule is Cc1ccccc1N1CCN(CC(O)c2cccc3c(=O)c(C)c(-c4ccccc4)oc23)CC1. The summed E-state index contributed by atoms with van der Waals surface area (Å²) < 4.78 is 6.30. The zero-order valence-electron chi connectivity index (χ0n) is 19.7. The number of aliphatic hydroxyl groups excluding tert-OH is 1. The molecule has 0 amide bonds. The summed E-state index contributed by atoms with van der Waals surface area (Å²) in [5, 5.41) is 11.7. The molecule has 174 valence electrons. The fourth-order valence-corrected chi connectivity index (χ4v) is 4.89. The van der Waals surface area contributed by atoms with Crippen LogP contribution in [0.25, 0.3) is 22.3 Å². The molecule has 0 aliphatic carbocycles. The van der Waals surface area contributed by atoms with Gasteiger partial charge in [0.1, 0.15) is 11.3 Å². The second-order valence-electron chi connectivity index (χ2n) is 9.07. The molecule has 1 unspecified atom stereocenters. The summed E-state index contributed by atoms with van der Waals surface area (Å²) in [4.78, 5) is 17.8. The third-order valence-electron chi connectivity index (χ3n) is 6.83. The minimum absolute atomic E-state index is 0.0546. The van der Waals surface area contributed by atoms with Gasteiger partial charge in [-0.15, -0.1) is 0 Å². The predicted molar refractivity (Wildman–Crippen MR) is 137 cm³/mol. The van der Waals surface area contributed by atoms with Crippen LogP contribution in [0.5, 0.6) is 0 Å². The Labute approximate surface area is 199 Å². The summed E-state index contributed by atoms with van der Waals surface area (Å²) in [6, 6.07) is 23.6. The summed E-state index contributed by atoms with van der Waals surface area (Å²) >= 11 is 0. The third kappa shape index (κ3) is 4.25. The van der Waals surface area contributed by atoms with Gasteiger partial charge in [-0.05, 0) is 31.5 Å². The fraction of sp³-hybridized carbons (Fsp3) is 0.276. The molecule has 2 heterocycles. The van der Waals surface area contributed by atoms with Crippen molar-refractivity contribution < 1.29 is 9.52 Å². The molecule has 1 aliphatic rings. The molecule has 1 aliphatic heterocycles. The molecule has 5 rings (SSSR count). The first-order chi connectivity index (χ1) is 16.5. The maximum absolute atomic E-state index is 13.1. The number of benzene rings is 3. The van der Waals surface area contributed by atoms with Crippen molar-refractivity contribution in [2.45, 2.75) is 20.0 Å². The molecule has 0 bridgehead atoms. The van der Waals surface area contributed by atoms with E-state index in [0.29, 0.717) is 34.4 Å². The number of aliphatic hydroxyl groups is 1. The first-order valence-electron chi connectivity index (χ1n) is 11.9. The van der Waals surface area contributed by atoms with Gasteiger partial charge >= 0.3 is 0 Å². The van der Waals surface area contributed by atoms with Crippen LogP contribution in [0.15, 0.2) is 82.0 Å². The fourth-order valence-electron chi connectivity index (χ4n) is 4.89. The Hall–Kier alpha value is -3.41. The van der Waals surface area contributed by atoms with E-state index in [1.807, 2.05) is 42.5 Å². The van der Waals surface area contributed by atoms with Gasteiger partial charge in [-0.3, -0.25) is 9.69 Å². The Balaban J connectivity index is 1.39. The lowest BCUT2D eigenvalue weighted by Gasteiger charge is -2.37. The summed E-state index contributed by atoms with van der Waals surface area (Å²) in [7, 11) is 0. The lowest BCUT2D eigenvalue weighted by atomic mass is 10.0. The second-order valence-corrected chi connectivity index (χ2v) is 9.07. The molecule has 5 nitrogen and oxygen atoms in total. The molecule has 1 aromatic heterocycles. The number of hydrogen-bond acceptors (Lipinski definition) is 5. The average molecular weight is 455 g/mol. The molecule has 0 radical (unpaired) electrons. The van der Waals surface area contributed by atoms with Crippen molar-refractivity contribution >= 4 is 16.7 Å². The molecule has 0 saturated carbocycles. The number of hydrogen-bond donors (Lipinski definition) is 1. The molecule has 1 saturated heterocycles. The van der Waals surface area contributed by atoms with Crippen molar-refractivity contribution in [1.29, 1.82) is 0 Å². The Kier molecular flexibility index (Phi) is 6.22. The van der Waals surface area contributed by atoms with Crippen LogP contribution < -0.4 is 10.3 Å². The highest BCUT2D eigenvalue weighted by molar-refractivity contribution is 5.83. The molecule has 1 N–H and O–H groups in total. The van der Waals surface area contributed by atoms with Gasteiger partial charge < -0.3 is 14.4 Å². The Morgan fingerprint density at radius 1 is 0.882 bits per heavy atom. The number of fused-ring (bicyclic) bond motifs is 1. The van der Waals surface area contributed by atoms with Crippen LogP contribution in [0, 0.1) is 13.8 Å². The van der Waals surface area contributed by atoms with Gasteiger partial charge in [-0.25, -0.2) is 0 Å². The smallest absolute Gasteiger partial charge is 0.196 e. The van der Waals surface area contributed by atoms with Gasteiger partial charge in [0.05, 0.1) is 11.5 Å². The number of anilines is 1. The van der Waals surface area contributed by atoms with Gasteiger partial charge in [0.15, 0.2) is 5.43 Å². The van der Waals surface area contributed by atoms with Gasteiger partial charge in [0.25, 0.3) is 0 Å². The standard InChI is InChI=1S/C29H30N2O3/c1-20-9-6-7-14-25(20)31-17-15-30(16-18-31)19-26(32)23-12-8-13-24-27(33)21(2)28(34-29(23)24)22-10-4-3-5-11-22/h3-14,26,32H,15-19H2,1-2H3. The highest BCUT2D eigenvalue weighted by atomic mass is 16.3. The van der Waals surface area contributed by atoms with Crippen molar-refractivity contribution in [2.75, 3.05) is 37.6 Å². The van der Waals surface area contributed by atoms with E-state index in [9.17, 15) is 9.90 Å². The van der Waals surface area contributed by atoms with E-state index in [1.54, 1.807) is 13.0 Å². The van der Waals surface area contributed by atoms with Crippen LogP contribution in [0.1, 0.15) is 22.8 Å². The van der Waals surface area contributed by atoms with Gasteiger partial charge in [-0.1, -0.05) is 60.7 Å². The van der Waals surface area contributed by atoms with E-state index in [1.165, 1.54) is 11.3 Å². The second kappa shape index (κ2) is 9.45.